The minimum absolute atomic E-state index is 0.0385. The Morgan fingerprint density at radius 2 is 2.00 bits per heavy atom. The molecular weight excluding hydrogens is 444 g/mol. The van der Waals surface area contributed by atoms with Crippen LogP contribution in [0.5, 0.6) is 0 Å². The number of piperidine rings is 1. The fourth-order valence-corrected chi connectivity index (χ4v) is 5.07. The van der Waals surface area contributed by atoms with Crippen LogP contribution in [0, 0.1) is 0 Å². The average molecular weight is 471 g/mol. The van der Waals surface area contributed by atoms with Crippen LogP contribution >= 0.6 is 11.3 Å². The lowest BCUT2D eigenvalue weighted by atomic mass is 9.88. The van der Waals surface area contributed by atoms with Crippen LogP contribution in [0.15, 0.2) is 28.1 Å². The Hall–Kier alpha value is -3.14. The number of piperazine rings is 1. The lowest BCUT2D eigenvalue weighted by Crippen LogP contribution is -2.70. The third-order valence-corrected chi connectivity index (χ3v) is 6.56. The molecule has 3 saturated heterocycles. The second-order valence-corrected chi connectivity index (χ2v) is 10.1. The zero-order valence-corrected chi connectivity index (χ0v) is 19.8. The second-order valence-electron chi connectivity index (χ2n) is 9.23. The van der Waals surface area contributed by atoms with Crippen LogP contribution in [-0.4, -0.2) is 64.3 Å². The molecule has 6 rings (SSSR count). The van der Waals surface area contributed by atoms with Gasteiger partial charge in [0.2, 0.25) is 0 Å². The zero-order chi connectivity index (χ0) is 23.3. The van der Waals surface area contributed by atoms with E-state index in [1.807, 2.05) is 42.0 Å². The van der Waals surface area contributed by atoms with Crippen molar-refractivity contribution in [1.29, 1.82) is 0 Å². The first-order valence-electron chi connectivity index (χ1n) is 11.0. The maximum absolute atomic E-state index is 12.6. The van der Waals surface area contributed by atoms with Crippen molar-refractivity contribution in [1.82, 2.24) is 14.9 Å². The normalized spacial score (nSPS) is 20.0. The maximum Gasteiger partial charge on any atom is 0.410 e. The van der Waals surface area contributed by atoms with Crippen molar-refractivity contribution < 1.29 is 23.5 Å². The van der Waals surface area contributed by atoms with Crippen molar-refractivity contribution in [3.05, 3.63) is 29.3 Å². The number of carbonyl (C=O) groups excluding carboxylic acids is 2. The number of anilines is 1. The Labute approximate surface area is 195 Å². The van der Waals surface area contributed by atoms with Crippen LogP contribution in [0.25, 0.3) is 21.7 Å². The fraction of sp³-hybridized carbons (Fsp3) is 0.478. The molecule has 3 aromatic rings. The highest BCUT2D eigenvalue weighted by atomic mass is 32.1. The highest BCUT2D eigenvalue weighted by molar-refractivity contribution is 7.13. The monoisotopic (exact) mass is 470 g/mol. The standard InChI is InChI=1S/C23H26N4O5S/c1-5-30-20(28)15-6-7-16(19-24-8-9-33-19)18-17(15)25-21(31-18)26-11-13-10-14(12-26)27(13)22(29)32-23(2,3)4/h6-9,13-14H,5,10-12H2,1-4H3. The van der Waals surface area contributed by atoms with Gasteiger partial charge in [-0.25, -0.2) is 14.6 Å². The van der Waals surface area contributed by atoms with Gasteiger partial charge in [-0.3, -0.25) is 4.90 Å². The third kappa shape index (κ3) is 3.92. The van der Waals surface area contributed by atoms with Gasteiger partial charge in [0, 0.05) is 24.7 Å². The van der Waals surface area contributed by atoms with Crippen LogP contribution in [0.3, 0.4) is 0 Å². The van der Waals surface area contributed by atoms with E-state index < -0.39 is 11.6 Å². The Bertz CT molecular complexity index is 1190. The third-order valence-electron chi connectivity index (χ3n) is 5.76. The molecule has 0 N–H and O–H groups in total. The molecule has 3 aliphatic heterocycles. The van der Waals surface area contributed by atoms with Crippen LogP contribution in [-0.2, 0) is 9.47 Å². The first-order chi connectivity index (χ1) is 15.7. The fourth-order valence-electron chi connectivity index (χ4n) is 4.41. The van der Waals surface area contributed by atoms with E-state index >= 15 is 0 Å². The first kappa shape index (κ1) is 21.7. The molecule has 10 heteroatoms. The number of aromatic nitrogens is 2. The molecule has 33 heavy (non-hydrogen) atoms. The smallest absolute Gasteiger partial charge is 0.410 e. The summed E-state index contributed by atoms with van der Waals surface area (Å²) in [7, 11) is 0. The number of fused-ring (bicyclic) bond motifs is 3. The second kappa shape index (κ2) is 8.02. The summed E-state index contributed by atoms with van der Waals surface area (Å²) in [5, 5.41) is 2.68. The Balaban J connectivity index is 1.45. The molecule has 2 atom stereocenters. The molecular formula is C23H26N4O5S. The number of benzene rings is 1. The van der Waals surface area contributed by atoms with Crippen LogP contribution in [0.2, 0.25) is 0 Å². The predicted molar refractivity (Wildman–Crippen MR) is 124 cm³/mol. The van der Waals surface area contributed by atoms with E-state index in [1.54, 1.807) is 19.2 Å². The van der Waals surface area contributed by atoms with Crippen LogP contribution in [0.4, 0.5) is 10.8 Å². The molecule has 3 aliphatic rings. The van der Waals surface area contributed by atoms with Crippen LogP contribution < -0.4 is 4.90 Å². The van der Waals surface area contributed by atoms with Crippen molar-refractivity contribution in [3.63, 3.8) is 0 Å². The molecule has 0 radical (unpaired) electrons. The highest BCUT2D eigenvalue weighted by Crippen LogP contribution is 2.39. The summed E-state index contributed by atoms with van der Waals surface area (Å²) in [6.07, 6.45) is 2.37. The lowest BCUT2D eigenvalue weighted by molar-refractivity contribution is -0.0386. The molecule has 5 heterocycles. The Kier molecular flexibility index (Phi) is 5.27. The van der Waals surface area contributed by atoms with E-state index in [0.29, 0.717) is 35.8 Å². The van der Waals surface area contributed by atoms with Crippen LogP contribution in [0.1, 0.15) is 44.5 Å². The van der Waals surface area contributed by atoms with E-state index in [1.165, 1.54) is 11.3 Å². The molecule has 2 bridgehead atoms. The van der Waals surface area contributed by atoms with Crippen molar-refractivity contribution >= 4 is 40.5 Å². The molecule has 174 valence electrons. The van der Waals surface area contributed by atoms with Crippen molar-refractivity contribution in [2.75, 3.05) is 24.6 Å². The summed E-state index contributed by atoms with van der Waals surface area (Å²) in [6.45, 7) is 8.82. The van der Waals surface area contributed by atoms with E-state index in [4.69, 9.17) is 18.9 Å². The number of esters is 1. The number of rotatable bonds is 4. The summed E-state index contributed by atoms with van der Waals surface area (Å²) in [5.74, 6) is -0.439. The Morgan fingerprint density at radius 1 is 1.24 bits per heavy atom. The van der Waals surface area contributed by atoms with Gasteiger partial charge in [0.1, 0.15) is 16.1 Å². The van der Waals surface area contributed by atoms with Gasteiger partial charge in [-0.2, -0.15) is 4.98 Å². The number of nitrogens with zero attached hydrogens (tertiary/aromatic N) is 4. The molecule has 1 aromatic carbocycles. The van der Waals surface area contributed by atoms with E-state index in [9.17, 15) is 9.59 Å². The summed E-state index contributed by atoms with van der Waals surface area (Å²) in [5.41, 5.74) is 1.58. The van der Waals surface area contributed by atoms with Gasteiger partial charge in [-0.15, -0.1) is 11.3 Å². The zero-order valence-electron chi connectivity index (χ0n) is 19.0. The molecule has 1 amide bonds. The van der Waals surface area contributed by atoms with E-state index in [2.05, 4.69) is 4.98 Å². The summed E-state index contributed by atoms with van der Waals surface area (Å²) in [4.78, 5) is 38.1. The maximum atomic E-state index is 12.6. The number of thiazole rings is 1. The van der Waals surface area contributed by atoms with Crippen molar-refractivity contribution in [2.24, 2.45) is 0 Å². The molecule has 2 aromatic heterocycles. The van der Waals surface area contributed by atoms with Gasteiger partial charge in [-0.05, 0) is 46.2 Å². The van der Waals surface area contributed by atoms with Gasteiger partial charge in [0.25, 0.3) is 6.01 Å². The number of oxazole rings is 1. The number of ether oxygens (including phenoxy) is 2. The molecule has 2 unspecified atom stereocenters. The number of hydrogen-bond acceptors (Lipinski definition) is 9. The van der Waals surface area contributed by atoms with Gasteiger partial charge >= 0.3 is 12.1 Å². The molecule has 0 spiro atoms. The number of hydrogen-bond donors (Lipinski definition) is 0. The largest absolute Gasteiger partial charge is 0.462 e. The SMILES string of the molecule is CCOC(=O)c1ccc(-c2nccs2)c2oc(N3CC4CC(C3)N4C(=O)OC(C)(C)C)nc12. The minimum Gasteiger partial charge on any atom is -0.462 e. The van der Waals surface area contributed by atoms with Gasteiger partial charge in [0.05, 0.1) is 29.8 Å². The molecule has 0 aliphatic carbocycles. The van der Waals surface area contributed by atoms with Crippen molar-refractivity contribution in [2.45, 2.75) is 51.8 Å². The lowest BCUT2D eigenvalue weighted by Gasteiger charge is -2.55. The van der Waals surface area contributed by atoms with E-state index in [-0.39, 0.29) is 24.8 Å². The minimum atomic E-state index is -0.531. The van der Waals surface area contributed by atoms with Gasteiger partial charge in [-0.1, -0.05) is 0 Å². The first-order valence-corrected chi connectivity index (χ1v) is 11.9. The number of amides is 1. The van der Waals surface area contributed by atoms with Crippen molar-refractivity contribution in [3.8, 4) is 10.6 Å². The average Bonchev–Trinajstić information content (AvgIpc) is 3.42. The summed E-state index contributed by atoms with van der Waals surface area (Å²) in [6, 6.07) is 4.04. The quantitative estimate of drug-likeness (QED) is 0.520. The predicted octanol–water partition coefficient (Wildman–Crippen LogP) is 4.33. The number of carbonyl (C=O) groups is 2. The summed E-state index contributed by atoms with van der Waals surface area (Å²) >= 11 is 1.49. The Morgan fingerprint density at radius 3 is 2.64 bits per heavy atom. The molecule has 0 saturated carbocycles. The van der Waals surface area contributed by atoms with Gasteiger partial charge < -0.3 is 18.8 Å². The topological polar surface area (TPSA) is 98.0 Å². The molecule has 3 fully saturated rings. The van der Waals surface area contributed by atoms with Gasteiger partial charge in [0.15, 0.2) is 5.58 Å². The molecule has 9 nitrogen and oxygen atoms in total. The van der Waals surface area contributed by atoms with E-state index in [0.717, 1.165) is 17.0 Å². The summed E-state index contributed by atoms with van der Waals surface area (Å²) < 4.78 is 17.0. The highest BCUT2D eigenvalue weighted by Gasteiger charge is 2.49.